The number of carboxylic acid groups (broad SMARTS) is 1. The monoisotopic (exact) mass is 687 g/mol. The molecule has 2 atom stereocenters. The molecule has 0 saturated heterocycles. The van der Waals surface area contributed by atoms with Gasteiger partial charge in [0.1, 0.15) is 12.3 Å². The van der Waals surface area contributed by atoms with Crippen molar-refractivity contribution in [3.05, 3.63) is 53.6 Å². The van der Waals surface area contributed by atoms with E-state index in [1.165, 1.54) is 16.4 Å². The number of hydrogen-bond acceptors (Lipinski definition) is 10. The number of sulfone groups is 1. The number of benzene rings is 2. The van der Waals surface area contributed by atoms with Gasteiger partial charge in [0.15, 0.2) is 9.84 Å². The minimum atomic E-state index is -3.65. The van der Waals surface area contributed by atoms with Crippen molar-refractivity contribution < 1.29 is 28.2 Å². The number of aliphatic hydroxyl groups excluding tert-OH is 1. The van der Waals surface area contributed by atoms with Crippen LogP contribution < -0.4 is 9.64 Å². The minimum absolute atomic E-state index is 0.0505. The van der Waals surface area contributed by atoms with Gasteiger partial charge in [0.25, 0.3) is 0 Å². The van der Waals surface area contributed by atoms with E-state index in [0.29, 0.717) is 35.1 Å². The lowest BCUT2D eigenvalue weighted by atomic mass is 9.68. The molecule has 2 N–H and O–H groups in total. The van der Waals surface area contributed by atoms with Crippen LogP contribution in [-0.2, 0) is 21.2 Å². The van der Waals surface area contributed by atoms with E-state index in [-0.39, 0.29) is 12.3 Å². The average Bonchev–Trinajstić information content (AvgIpc) is 3.45. The van der Waals surface area contributed by atoms with Crippen molar-refractivity contribution in [2.24, 2.45) is 5.41 Å². The van der Waals surface area contributed by atoms with Gasteiger partial charge < -0.3 is 19.8 Å². The first-order chi connectivity index (χ1) is 22.5. The maximum atomic E-state index is 14.0. The smallest absolute Gasteiger partial charge is 0.325 e. The maximum absolute atomic E-state index is 14.0. The van der Waals surface area contributed by atoms with Gasteiger partial charge in [-0.15, -0.1) is 5.10 Å². The van der Waals surface area contributed by atoms with Gasteiger partial charge in [-0.25, -0.2) is 13.1 Å². The molecule has 11 nitrogen and oxygen atoms in total. The third kappa shape index (κ3) is 9.26. The zero-order valence-electron chi connectivity index (χ0n) is 28.0. The SMILES string of the molecule is CCCCC1(CCCC)CS(=O)(=O)c2ccc(N(C)C)cc2C(c2ccc(OCCCCCSc3nnnn3CC(=O)O)cc2)C1O. The molecule has 47 heavy (non-hydrogen) atoms. The van der Waals surface area contributed by atoms with Gasteiger partial charge in [-0.3, -0.25) is 4.79 Å². The van der Waals surface area contributed by atoms with Gasteiger partial charge in [-0.1, -0.05) is 63.4 Å². The van der Waals surface area contributed by atoms with Crippen molar-refractivity contribution in [2.75, 3.05) is 37.1 Å². The molecule has 1 aliphatic rings. The average molecular weight is 688 g/mol. The zero-order valence-corrected chi connectivity index (χ0v) is 29.6. The van der Waals surface area contributed by atoms with Crippen LogP contribution in [0, 0.1) is 5.41 Å². The number of rotatable bonds is 18. The Bertz CT molecular complexity index is 1550. The Morgan fingerprint density at radius 2 is 1.74 bits per heavy atom. The van der Waals surface area contributed by atoms with E-state index >= 15 is 0 Å². The lowest BCUT2D eigenvalue weighted by Gasteiger charge is -2.40. The zero-order chi connectivity index (χ0) is 34.0. The largest absolute Gasteiger partial charge is 0.494 e. The number of tetrazole rings is 1. The van der Waals surface area contributed by atoms with Gasteiger partial charge in [0.2, 0.25) is 5.16 Å². The first-order valence-corrected chi connectivity index (χ1v) is 19.2. The maximum Gasteiger partial charge on any atom is 0.325 e. The third-order valence-electron chi connectivity index (χ3n) is 8.97. The molecular formula is C34H49N5O6S2. The van der Waals surface area contributed by atoms with Crippen LogP contribution in [0.15, 0.2) is 52.5 Å². The number of unbranched alkanes of at least 4 members (excludes halogenated alkanes) is 4. The summed E-state index contributed by atoms with van der Waals surface area (Å²) in [6.07, 6.45) is 6.71. The van der Waals surface area contributed by atoms with Crippen LogP contribution in [0.25, 0.3) is 0 Å². The summed E-state index contributed by atoms with van der Waals surface area (Å²) in [5.74, 6) is -0.0528. The molecule has 2 heterocycles. The molecule has 3 aromatic rings. The number of hydrogen-bond donors (Lipinski definition) is 2. The van der Waals surface area contributed by atoms with Crippen LogP contribution in [0.4, 0.5) is 5.69 Å². The summed E-state index contributed by atoms with van der Waals surface area (Å²) in [6.45, 7) is 4.49. The number of carboxylic acids is 1. The fourth-order valence-corrected chi connectivity index (χ4v) is 9.49. The summed E-state index contributed by atoms with van der Waals surface area (Å²) < 4.78 is 35.4. The van der Waals surface area contributed by atoms with Gasteiger partial charge >= 0.3 is 5.97 Å². The molecule has 1 aliphatic heterocycles. The molecule has 0 spiro atoms. The molecule has 4 rings (SSSR count). The highest BCUT2D eigenvalue weighted by atomic mass is 32.2. The van der Waals surface area contributed by atoms with Crippen LogP contribution in [0.1, 0.15) is 88.7 Å². The molecule has 1 aromatic heterocycles. The molecule has 0 fully saturated rings. The van der Waals surface area contributed by atoms with E-state index in [2.05, 4.69) is 29.4 Å². The Labute approximate surface area is 283 Å². The van der Waals surface area contributed by atoms with Gasteiger partial charge in [-0.2, -0.15) is 0 Å². The number of aromatic nitrogens is 4. The molecule has 0 bridgehead atoms. The lowest BCUT2D eigenvalue weighted by Crippen LogP contribution is -2.43. The molecule has 2 unspecified atom stereocenters. The van der Waals surface area contributed by atoms with E-state index in [1.54, 1.807) is 6.07 Å². The Morgan fingerprint density at radius 3 is 2.38 bits per heavy atom. The first-order valence-electron chi connectivity index (χ1n) is 16.6. The van der Waals surface area contributed by atoms with Gasteiger partial charge in [0, 0.05) is 36.9 Å². The highest BCUT2D eigenvalue weighted by Crippen LogP contribution is 2.50. The van der Waals surface area contributed by atoms with Crippen molar-refractivity contribution in [1.82, 2.24) is 20.2 Å². The van der Waals surface area contributed by atoms with Gasteiger partial charge in [-0.05, 0) is 84.0 Å². The van der Waals surface area contributed by atoms with Gasteiger partial charge in [0.05, 0.1) is 23.4 Å². The Hall–Kier alpha value is -3.16. The molecule has 0 amide bonds. The van der Waals surface area contributed by atoms with E-state index in [0.717, 1.165) is 67.7 Å². The van der Waals surface area contributed by atoms with Crippen LogP contribution >= 0.6 is 11.8 Å². The van der Waals surface area contributed by atoms with E-state index in [9.17, 15) is 18.3 Å². The van der Waals surface area contributed by atoms with Crippen molar-refractivity contribution in [3.63, 3.8) is 0 Å². The third-order valence-corrected chi connectivity index (χ3v) is 12.0. The number of aliphatic hydroxyl groups is 1. The lowest BCUT2D eigenvalue weighted by molar-refractivity contribution is -0.138. The topological polar surface area (TPSA) is 148 Å². The number of nitrogens with zero attached hydrogens (tertiary/aromatic N) is 5. The molecule has 258 valence electrons. The normalized spacial score (nSPS) is 18.3. The van der Waals surface area contributed by atoms with E-state index in [4.69, 9.17) is 9.84 Å². The molecule has 0 radical (unpaired) electrons. The predicted molar refractivity (Wildman–Crippen MR) is 184 cm³/mol. The second-order valence-corrected chi connectivity index (χ2v) is 15.7. The van der Waals surface area contributed by atoms with Crippen molar-refractivity contribution in [3.8, 4) is 5.75 Å². The minimum Gasteiger partial charge on any atom is -0.494 e. The summed E-state index contributed by atoms with van der Waals surface area (Å²) in [6, 6.07) is 13.3. The fourth-order valence-electron chi connectivity index (χ4n) is 6.42. The first kappa shape index (κ1) is 36.7. The van der Waals surface area contributed by atoms with Crippen molar-refractivity contribution >= 4 is 33.3 Å². The van der Waals surface area contributed by atoms with E-state index in [1.807, 2.05) is 55.4 Å². The number of fused-ring (bicyclic) bond motifs is 1. The summed E-state index contributed by atoms with van der Waals surface area (Å²) in [7, 11) is 0.215. The molecule has 0 aliphatic carbocycles. The van der Waals surface area contributed by atoms with Crippen LogP contribution in [0.2, 0.25) is 0 Å². The number of ether oxygens (including phenoxy) is 1. The summed E-state index contributed by atoms with van der Waals surface area (Å²) in [4.78, 5) is 13.2. The van der Waals surface area contributed by atoms with Crippen molar-refractivity contribution in [2.45, 2.75) is 100 Å². The van der Waals surface area contributed by atoms with Crippen LogP contribution in [0.5, 0.6) is 5.75 Å². The highest BCUT2D eigenvalue weighted by Gasteiger charge is 2.49. The molecular weight excluding hydrogens is 639 g/mol. The molecule has 13 heteroatoms. The molecule has 0 saturated carbocycles. The number of carbonyl (C=O) groups is 1. The fraction of sp³-hybridized carbons (Fsp3) is 0.588. The molecule has 2 aromatic carbocycles. The number of aliphatic carboxylic acids is 1. The number of anilines is 1. The standard InChI is InChI=1S/C34H49N5O6S2/c1-5-7-18-34(19-8-6-2)24-47(43,44)29-17-14-26(38(3)4)22-28(29)31(32(34)42)25-12-15-27(16-13-25)45-20-10-9-11-21-46-33-35-36-37-39(33)23-30(40)41/h12-17,22,31-32,42H,5-11,18-21,23-24H2,1-4H3,(H,40,41). The predicted octanol–water partition coefficient (Wildman–Crippen LogP) is 5.81. The van der Waals surface area contributed by atoms with E-state index < -0.39 is 33.2 Å². The summed E-state index contributed by atoms with van der Waals surface area (Å²) >= 11 is 1.43. The Morgan fingerprint density at radius 1 is 1.04 bits per heavy atom. The highest BCUT2D eigenvalue weighted by molar-refractivity contribution is 7.99. The summed E-state index contributed by atoms with van der Waals surface area (Å²) in [5.41, 5.74) is 1.67. The quantitative estimate of drug-likeness (QED) is 0.123. The second kappa shape index (κ2) is 16.8. The second-order valence-electron chi connectivity index (χ2n) is 12.7. The number of thioether (sulfide) groups is 1. The Balaban J connectivity index is 1.48. The Kier molecular flexibility index (Phi) is 13.1. The van der Waals surface area contributed by atoms with Crippen LogP contribution in [0.3, 0.4) is 0 Å². The van der Waals surface area contributed by atoms with Crippen LogP contribution in [-0.4, -0.2) is 83.1 Å². The van der Waals surface area contributed by atoms with Crippen molar-refractivity contribution in [1.29, 1.82) is 0 Å². The summed E-state index contributed by atoms with van der Waals surface area (Å²) in [5, 5.41) is 33.0.